The van der Waals surface area contributed by atoms with Crippen molar-refractivity contribution in [1.82, 2.24) is 5.32 Å². The molecule has 19 nitrogen and oxygen atoms in total. The molecule has 0 aromatic carbocycles. The van der Waals surface area contributed by atoms with Gasteiger partial charge in [0.15, 0.2) is 18.9 Å². The molecule has 0 spiro atoms. The lowest BCUT2D eigenvalue weighted by atomic mass is 9.96. The molecule has 0 aliphatic carbocycles. The normalized spacial score (nSPS) is 27.9. The molecule has 1 amide bonds. The zero-order valence-electron chi connectivity index (χ0n) is 57.8. The average molecular weight is 1350 g/mol. The molecule has 3 heterocycles. The molecule has 0 radical (unpaired) electrons. The highest BCUT2D eigenvalue weighted by molar-refractivity contribution is 5.76. The Morgan fingerprint density at radius 1 is 0.385 bits per heavy atom. The van der Waals surface area contributed by atoms with Gasteiger partial charge in [0, 0.05) is 6.42 Å². The molecule has 19 heteroatoms. The smallest absolute Gasteiger partial charge is 0.220 e. The Labute approximate surface area is 574 Å². The van der Waals surface area contributed by atoms with E-state index in [9.17, 15) is 61.0 Å². The monoisotopic (exact) mass is 1350 g/mol. The third-order valence-electron chi connectivity index (χ3n) is 16.8. The van der Waals surface area contributed by atoms with Crippen LogP contribution < -0.4 is 5.32 Å². The summed E-state index contributed by atoms with van der Waals surface area (Å²) in [5, 5.41) is 120. The van der Waals surface area contributed by atoms with Crippen molar-refractivity contribution in [2.45, 2.75) is 304 Å². The molecule has 12 N–H and O–H groups in total. The Balaban J connectivity index is 1.37. The molecule has 3 fully saturated rings. The van der Waals surface area contributed by atoms with E-state index in [0.717, 1.165) is 116 Å². The summed E-state index contributed by atoms with van der Waals surface area (Å²) in [6.07, 6.45) is 54.0. The SMILES string of the molecule is CC/C=C\C/C=C\C/C=C\C/C=C\C/C=C\C/C=C\C/C=C\C/C=C\C/C=C\CCCCCCCCCCCC(=O)NC(COC1OC(CO)C(OC2OC(CO)C(OC3OC(CO)C(O)C(O)C3O)C(O)C2O)C(O)C1O)C(O)/C=C/CC/C=C/CC/C=C/CCCCCC. The number of unbranched alkanes of at least 4 members (excludes halogenated alkanes) is 15. The van der Waals surface area contributed by atoms with Crippen molar-refractivity contribution in [3.05, 3.63) is 146 Å². The van der Waals surface area contributed by atoms with E-state index < -0.39 is 124 Å². The van der Waals surface area contributed by atoms with Gasteiger partial charge in [0.05, 0.1) is 38.6 Å². The van der Waals surface area contributed by atoms with E-state index in [1.54, 1.807) is 6.08 Å². The van der Waals surface area contributed by atoms with Crippen LogP contribution in [-0.2, 0) is 33.2 Å². The van der Waals surface area contributed by atoms with Crippen molar-refractivity contribution >= 4 is 5.91 Å². The lowest BCUT2D eigenvalue weighted by Gasteiger charge is -2.48. The summed E-state index contributed by atoms with van der Waals surface area (Å²) in [6, 6.07) is -1.01. The van der Waals surface area contributed by atoms with Crippen LogP contribution in [0.1, 0.15) is 200 Å². The molecule has 96 heavy (non-hydrogen) atoms. The highest BCUT2D eigenvalue weighted by atomic mass is 16.8. The molecule has 0 saturated carbocycles. The summed E-state index contributed by atoms with van der Waals surface area (Å²) in [5.74, 6) is -0.304. The Bertz CT molecular complexity index is 2310. The summed E-state index contributed by atoms with van der Waals surface area (Å²) < 4.78 is 34.3. The lowest BCUT2D eigenvalue weighted by Crippen LogP contribution is -2.66. The van der Waals surface area contributed by atoms with Gasteiger partial charge in [-0.2, -0.15) is 0 Å². The summed E-state index contributed by atoms with van der Waals surface area (Å²) in [5.41, 5.74) is 0. The van der Waals surface area contributed by atoms with Gasteiger partial charge in [0.2, 0.25) is 5.91 Å². The number of aliphatic hydroxyl groups excluding tert-OH is 11. The minimum Gasteiger partial charge on any atom is -0.394 e. The number of carbonyl (C=O) groups excluding carboxylic acids is 1. The molecule has 0 aromatic heterocycles. The summed E-state index contributed by atoms with van der Waals surface area (Å²) in [4.78, 5) is 13.4. The maximum atomic E-state index is 13.4. The number of hydrogen-bond donors (Lipinski definition) is 12. The molecule has 17 atom stereocenters. The van der Waals surface area contributed by atoms with E-state index in [2.05, 4.69) is 153 Å². The molecule has 0 aromatic rings. The van der Waals surface area contributed by atoms with Crippen LogP contribution in [0.3, 0.4) is 0 Å². The molecular weight excluding hydrogens is 1230 g/mol. The standard InChI is InChI=1S/C77H125NO18/c1-3-5-7-9-11-13-15-17-19-20-21-22-23-24-25-26-27-28-29-30-31-32-33-34-35-36-37-38-39-40-41-43-45-47-49-51-53-55-65(83)78-60(61(82)54-52-50-48-46-44-42-18-16-14-12-10-8-6-4-2)59-91-75-71(89)68(86)73(63(57-80)93-75)96-77-72(90)69(87)74(64(58-81)94-77)95-76-70(88)67(85)66(84)62(56-79)92-76/h5,7,11,13-14,16-17,19,21-22,24-25,27-28,30-31,33-34,36-37,44,46,52,54,60-64,66-77,79-82,84-90H,3-4,6,8-10,12,15,18,20,23,26,29,32,35,38-43,45,47-51,53,55-59H2,1-2H3,(H,78,83)/b7-5-,13-11-,16-14+,19-17-,22-21-,25-24-,28-27-,31-30-,34-33-,37-36-,46-44+,54-52+. The van der Waals surface area contributed by atoms with Gasteiger partial charge in [-0.3, -0.25) is 4.79 Å². The predicted octanol–water partition coefficient (Wildman–Crippen LogP) is 10.3. The van der Waals surface area contributed by atoms with E-state index in [4.69, 9.17) is 28.4 Å². The number of allylic oxidation sites excluding steroid dienone is 23. The predicted molar refractivity (Wildman–Crippen MR) is 378 cm³/mol. The van der Waals surface area contributed by atoms with Gasteiger partial charge in [-0.25, -0.2) is 0 Å². The maximum absolute atomic E-state index is 13.4. The third-order valence-corrected chi connectivity index (χ3v) is 16.8. The first-order valence-corrected chi connectivity index (χ1v) is 36.1. The van der Waals surface area contributed by atoms with Crippen molar-refractivity contribution < 1.29 is 89.4 Å². The number of amides is 1. The molecule has 3 aliphatic heterocycles. The third kappa shape index (κ3) is 37.2. The Hall–Kier alpha value is -4.33. The molecule has 0 bridgehead atoms. The molecule has 3 rings (SSSR count). The number of hydrogen-bond acceptors (Lipinski definition) is 18. The van der Waals surface area contributed by atoms with Gasteiger partial charge < -0.3 is 89.9 Å². The van der Waals surface area contributed by atoms with Crippen LogP contribution in [-0.4, -0.2) is 193 Å². The Kier molecular flexibility index (Phi) is 50.5. The van der Waals surface area contributed by atoms with Crippen LogP contribution in [0.5, 0.6) is 0 Å². The van der Waals surface area contributed by atoms with E-state index in [1.807, 2.05) is 6.08 Å². The fraction of sp³-hybridized carbons (Fsp3) is 0.675. The molecule has 546 valence electrons. The van der Waals surface area contributed by atoms with Crippen molar-refractivity contribution in [2.24, 2.45) is 0 Å². The zero-order chi connectivity index (χ0) is 69.6. The average Bonchev–Trinajstić information content (AvgIpc) is 0.787. The minimum absolute atomic E-state index is 0.215. The number of nitrogens with one attached hydrogen (secondary N) is 1. The fourth-order valence-corrected chi connectivity index (χ4v) is 11.0. The number of rotatable bonds is 53. The quantitative estimate of drug-likeness (QED) is 0.0199. The highest BCUT2D eigenvalue weighted by Gasteiger charge is 2.53. The van der Waals surface area contributed by atoms with Crippen molar-refractivity contribution in [1.29, 1.82) is 0 Å². The summed E-state index contributed by atoms with van der Waals surface area (Å²) in [7, 11) is 0. The van der Waals surface area contributed by atoms with Crippen LogP contribution in [0.2, 0.25) is 0 Å². The highest BCUT2D eigenvalue weighted by Crippen LogP contribution is 2.33. The van der Waals surface area contributed by atoms with Crippen LogP contribution >= 0.6 is 0 Å². The van der Waals surface area contributed by atoms with Crippen molar-refractivity contribution in [2.75, 3.05) is 26.4 Å². The first-order chi connectivity index (χ1) is 46.8. The largest absolute Gasteiger partial charge is 0.394 e. The molecular formula is C77H125NO18. The van der Waals surface area contributed by atoms with Crippen LogP contribution in [0.4, 0.5) is 0 Å². The first kappa shape index (κ1) is 85.9. The Morgan fingerprint density at radius 2 is 0.729 bits per heavy atom. The van der Waals surface area contributed by atoms with E-state index in [0.29, 0.717) is 12.8 Å². The van der Waals surface area contributed by atoms with Crippen LogP contribution in [0.25, 0.3) is 0 Å². The van der Waals surface area contributed by atoms with Gasteiger partial charge in [0.25, 0.3) is 0 Å². The van der Waals surface area contributed by atoms with E-state index >= 15 is 0 Å². The molecule has 3 aliphatic rings. The fourth-order valence-electron chi connectivity index (χ4n) is 11.0. The number of carbonyl (C=O) groups is 1. The second kappa shape index (κ2) is 56.4. The van der Waals surface area contributed by atoms with Gasteiger partial charge in [-0.05, 0) is 116 Å². The number of aliphatic hydroxyl groups is 11. The van der Waals surface area contributed by atoms with Crippen molar-refractivity contribution in [3.8, 4) is 0 Å². The molecule has 3 saturated heterocycles. The van der Waals surface area contributed by atoms with Crippen LogP contribution in [0, 0.1) is 0 Å². The first-order valence-electron chi connectivity index (χ1n) is 36.1. The van der Waals surface area contributed by atoms with Crippen molar-refractivity contribution in [3.63, 3.8) is 0 Å². The summed E-state index contributed by atoms with van der Waals surface area (Å²) in [6.45, 7) is 1.53. The van der Waals surface area contributed by atoms with Gasteiger partial charge in [-0.15, -0.1) is 0 Å². The minimum atomic E-state index is -1.99. The lowest BCUT2D eigenvalue weighted by molar-refractivity contribution is -0.379. The topological polar surface area (TPSA) is 307 Å². The second-order valence-corrected chi connectivity index (χ2v) is 24.9. The maximum Gasteiger partial charge on any atom is 0.220 e. The molecule has 17 unspecified atom stereocenters. The van der Waals surface area contributed by atoms with Gasteiger partial charge in [0.1, 0.15) is 73.2 Å². The van der Waals surface area contributed by atoms with E-state index in [1.165, 1.54) is 51.4 Å². The van der Waals surface area contributed by atoms with Gasteiger partial charge in [-0.1, -0.05) is 224 Å². The van der Waals surface area contributed by atoms with E-state index in [-0.39, 0.29) is 18.9 Å². The Morgan fingerprint density at radius 3 is 1.17 bits per heavy atom. The van der Waals surface area contributed by atoms with Crippen LogP contribution in [0.15, 0.2) is 146 Å². The zero-order valence-corrected chi connectivity index (χ0v) is 57.8. The number of ether oxygens (including phenoxy) is 6. The summed E-state index contributed by atoms with van der Waals surface area (Å²) >= 11 is 0. The van der Waals surface area contributed by atoms with Gasteiger partial charge >= 0.3 is 0 Å². The second-order valence-electron chi connectivity index (χ2n) is 24.9.